The van der Waals surface area contributed by atoms with Crippen LogP contribution in [0, 0.1) is 11.7 Å². The average molecular weight is 251 g/mol. The summed E-state index contributed by atoms with van der Waals surface area (Å²) in [7, 11) is 0. The van der Waals surface area contributed by atoms with E-state index in [0.29, 0.717) is 17.9 Å². The first-order chi connectivity index (χ1) is 8.65. The van der Waals surface area contributed by atoms with Crippen LogP contribution in [0.5, 0.6) is 0 Å². The minimum absolute atomic E-state index is 0.0131. The highest BCUT2D eigenvalue weighted by molar-refractivity contribution is 5.76. The van der Waals surface area contributed by atoms with Gasteiger partial charge in [0.05, 0.1) is 6.10 Å². The highest BCUT2D eigenvalue weighted by Gasteiger charge is 2.20. The van der Waals surface area contributed by atoms with Gasteiger partial charge in [0.1, 0.15) is 5.82 Å². The monoisotopic (exact) mass is 251 g/mol. The molecule has 1 aliphatic carbocycles. The third-order valence-corrected chi connectivity index (χ3v) is 3.45. The van der Waals surface area contributed by atoms with Crippen molar-refractivity contribution in [1.82, 2.24) is 5.32 Å². The maximum Gasteiger partial charge on any atom is 0.220 e. The van der Waals surface area contributed by atoms with Crippen LogP contribution in [0.1, 0.15) is 37.4 Å². The minimum Gasteiger partial charge on any atom is -0.387 e. The third kappa shape index (κ3) is 3.53. The number of halogens is 1. The molecule has 0 aromatic heterocycles. The molecule has 0 bridgehead atoms. The van der Waals surface area contributed by atoms with E-state index < -0.39 is 6.10 Å². The van der Waals surface area contributed by atoms with E-state index >= 15 is 0 Å². The molecule has 1 amide bonds. The van der Waals surface area contributed by atoms with Gasteiger partial charge in [-0.15, -0.1) is 0 Å². The molecule has 1 fully saturated rings. The fraction of sp³-hybridized carbons (Fsp3) is 0.500. The zero-order chi connectivity index (χ0) is 13.0. The van der Waals surface area contributed by atoms with Gasteiger partial charge >= 0.3 is 0 Å². The van der Waals surface area contributed by atoms with E-state index in [9.17, 15) is 14.3 Å². The molecule has 98 valence electrons. The van der Waals surface area contributed by atoms with Crippen LogP contribution in [0.15, 0.2) is 24.3 Å². The lowest BCUT2D eigenvalue weighted by Crippen LogP contribution is -2.31. The fourth-order valence-corrected chi connectivity index (χ4v) is 2.04. The number of rotatable bonds is 5. The molecule has 4 heteroatoms. The van der Waals surface area contributed by atoms with Crippen molar-refractivity contribution in [1.29, 1.82) is 0 Å². The fourth-order valence-electron chi connectivity index (χ4n) is 2.04. The number of hydrogen-bond acceptors (Lipinski definition) is 2. The van der Waals surface area contributed by atoms with E-state index in [2.05, 4.69) is 5.32 Å². The largest absolute Gasteiger partial charge is 0.387 e. The van der Waals surface area contributed by atoms with Crippen molar-refractivity contribution < 1.29 is 14.3 Å². The van der Waals surface area contributed by atoms with Crippen molar-refractivity contribution in [2.45, 2.75) is 31.8 Å². The van der Waals surface area contributed by atoms with Crippen LogP contribution in [-0.2, 0) is 4.79 Å². The summed E-state index contributed by atoms with van der Waals surface area (Å²) in [6.45, 7) is 0.178. The Morgan fingerprint density at radius 2 is 2.06 bits per heavy atom. The highest BCUT2D eigenvalue weighted by Crippen LogP contribution is 2.29. The lowest BCUT2D eigenvalue weighted by molar-refractivity contribution is -0.123. The number of hydrogen-bond donors (Lipinski definition) is 2. The van der Waals surface area contributed by atoms with Crippen molar-refractivity contribution in [2.24, 2.45) is 5.92 Å². The SMILES string of the molecule is O=C(CC1CCC1)NCC(O)c1ccc(F)cc1. The Balaban J connectivity index is 1.74. The molecule has 2 N–H and O–H groups in total. The van der Waals surface area contributed by atoms with Gasteiger partial charge in [-0.05, 0) is 36.5 Å². The normalized spacial score (nSPS) is 17.0. The Morgan fingerprint density at radius 1 is 1.39 bits per heavy atom. The number of aliphatic hydroxyl groups excluding tert-OH is 1. The first-order valence-electron chi connectivity index (χ1n) is 6.35. The van der Waals surface area contributed by atoms with E-state index in [1.54, 1.807) is 0 Å². The number of benzene rings is 1. The summed E-state index contributed by atoms with van der Waals surface area (Å²) in [5.74, 6) is 0.175. The summed E-state index contributed by atoms with van der Waals surface area (Å²) in [6, 6.07) is 5.65. The van der Waals surface area contributed by atoms with Crippen LogP contribution >= 0.6 is 0 Å². The van der Waals surface area contributed by atoms with Crippen molar-refractivity contribution in [3.8, 4) is 0 Å². The summed E-state index contributed by atoms with van der Waals surface area (Å²) >= 11 is 0. The molecule has 3 nitrogen and oxygen atoms in total. The van der Waals surface area contributed by atoms with Crippen molar-refractivity contribution >= 4 is 5.91 Å². The van der Waals surface area contributed by atoms with E-state index in [4.69, 9.17) is 0 Å². The van der Waals surface area contributed by atoms with Gasteiger partial charge in [0.15, 0.2) is 0 Å². The molecule has 0 saturated heterocycles. The molecule has 0 spiro atoms. The maximum absolute atomic E-state index is 12.7. The molecule has 1 saturated carbocycles. The molecular weight excluding hydrogens is 233 g/mol. The molecular formula is C14H18FNO2. The molecule has 1 aliphatic rings. The van der Waals surface area contributed by atoms with Crippen molar-refractivity contribution in [3.63, 3.8) is 0 Å². The van der Waals surface area contributed by atoms with E-state index in [1.165, 1.54) is 30.7 Å². The number of carbonyl (C=O) groups excluding carboxylic acids is 1. The van der Waals surface area contributed by atoms with Gasteiger partial charge in [-0.2, -0.15) is 0 Å². The number of amides is 1. The topological polar surface area (TPSA) is 49.3 Å². The van der Waals surface area contributed by atoms with Crippen molar-refractivity contribution in [2.75, 3.05) is 6.54 Å². The van der Waals surface area contributed by atoms with Crippen LogP contribution in [0.4, 0.5) is 4.39 Å². The molecule has 0 aliphatic heterocycles. The van der Waals surface area contributed by atoms with E-state index in [1.807, 2.05) is 0 Å². The second-order valence-corrected chi connectivity index (χ2v) is 4.87. The van der Waals surface area contributed by atoms with Gasteiger partial charge in [0, 0.05) is 13.0 Å². The summed E-state index contributed by atoms with van der Waals surface area (Å²) in [6.07, 6.45) is 3.25. The third-order valence-electron chi connectivity index (χ3n) is 3.45. The maximum atomic E-state index is 12.7. The summed E-state index contributed by atoms with van der Waals surface area (Å²) in [5.41, 5.74) is 0.611. The quantitative estimate of drug-likeness (QED) is 0.842. The predicted molar refractivity (Wildman–Crippen MR) is 66.3 cm³/mol. The van der Waals surface area contributed by atoms with Crippen LogP contribution in [0.2, 0.25) is 0 Å². The summed E-state index contributed by atoms with van der Waals surface area (Å²) < 4.78 is 12.7. The standard InChI is InChI=1S/C14H18FNO2/c15-12-6-4-11(5-7-12)13(17)9-16-14(18)8-10-2-1-3-10/h4-7,10,13,17H,1-3,8-9H2,(H,16,18). The second-order valence-electron chi connectivity index (χ2n) is 4.87. The zero-order valence-electron chi connectivity index (χ0n) is 10.2. The van der Waals surface area contributed by atoms with Gasteiger partial charge in [0.2, 0.25) is 5.91 Å². The summed E-state index contributed by atoms with van der Waals surface area (Å²) in [5, 5.41) is 12.5. The van der Waals surface area contributed by atoms with Gasteiger partial charge < -0.3 is 10.4 Å². The van der Waals surface area contributed by atoms with Crippen LogP contribution in [0.3, 0.4) is 0 Å². The smallest absolute Gasteiger partial charge is 0.220 e. The Kier molecular flexibility index (Phi) is 4.31. The lowest BCUT2D eigenvalue weighted by Gasteiger charge is -2.24. The first-order valence-corrected chi connectivity index (χ1v) is 6.35. The predicted octanol–water partition coefficient (Wildman–Crippen LogP) is 2.17. The van der Waals surface area contributed by atoms with E-state index in [0.717, 1.165) is 12.8 Å². The van der Waals surface area contributed by atoms with Crippen LogP contribution < -0.4 is 5.32 Å². The summed E-state index contributed by atoms with van der Waals surface area (Å²) in [4.78, 5) is 11.6. The van der Waals surface area contributed by atoms with Gasteiger partial charge in [0.25, 0.3) is 0 Å². The molecule has 18 heavy (non-hydrogen) atoms. The number of carbonyl (C=O) groups is 1. The Hall–Kier alpha value is -1.42. The van der Waals surface area contributed by atoms with Crippen molar-refractivity contribution in [3.05, 3.63) is 35.6 Å². The molecule has 1 atom stereocenters. The van der Waals surface area contributed by atoms with Crippen LogP contribution in [-0.4, -0.2) is 17.6 Å². The Bertz CT molecular complexity index is 401. The molecule has 1 unspecified atom stereocenters. The lowest BCUT2D eigenvalue weighted by atomic mass is 9.83. The van der Waals surface area contributed by atoms with Gasteiger partial charge in [-0.1, -0.05) is 18.6 Å². The van der Waals surface area contributed by atoms with Crippen LogP contribution in [0.25, 0.3) is 0 Å². The van der Waals surface area contributed by atoms with E-state index in [-0.39, 0.29) is 18.3 Å². The average Bonchev–Trinajstić information content (AvgIpc) is 2.32. The minimum atomic E-state index is -0.782. The highest BCUT2D eigenvalue weighted by atomic mass is 19.1. The first kappa shape index (κ1) is 13.0. The number of nitrogens with one attached hydrogen (secondary N) is 1. The number of aliphatic hydroxyl groups is 1. The molecule has 0 radical (unpaired) electrons. The molecule has 1 aromatic carbocycles. The Morgan fingerprint density at radius 3 is 2.61 bits per heavy atom. The Labute approximate surface area is 106 Å². The van der Waals surface area contributed by atoms with Gasteiger partial charge in [-0.25, -0.2) is 4.39 Å². The molecule has 2 rings (SSSR count). The second kappa shape index (κ2) is 5.96. The molecule has 1 aromatic rings. The van der Waals surface area contributed by atoms with Gasteiger partial charge in [-0.3, -0.25) is 4.79 Å². The molecule has 0 heterocycles. The zero-order valence-corrected chi connectivity index (χ0v) is 10.2.